The Kier molecular flexibility index (Phi) is 2.70. The molecule has 18 heavy (non-hydrogen) atoms. The van der Waals surface area contributed by atoms with E-state index in [0.29, 0.717) is 0 Å². The predicted octanol–water partition coefficient (Wildman–Crippen LogP) is 4.35. The SMILES string of the molecule is Cc1ccc2oc(C(O)C3(C)CCCC3)cc2c1. The molecule has 1 saturated carbocycles. The van der Waals surface area contributed by atoms with Gasteiger partial charge in [-0.25, -0.2) is 0 Å². The number of fused-ring (bicyclic) bond motifs is 1. The zero-order valence-corrected chi connectivity index (χ0v) is 11.1. The Labute approximate surface area is 108 Å². The molecule has 1 heterocycles. The number of aryl methyl sites for hydroxylation is 1. The molecule has 2 aromatic rings. The molecule has 0 bridgehead atoms. The third-order valence-corrected chi connectivity index (χ3v) is 4.37. The van der Waals surface area contributed by atoms with Gasteiger partial charge in [-0.1, -0.05) is 31.4 Å². The first-order chi connectivity index (χ1) is 8.58. The molecule has 1 atom stereocenters. The summed E-state index contributed by atoms with van der Waals surface area (Å²) in [5.41, 5.74) is 2.08. The van der Waals surface area contributed by atoms with Crippen LogP contribution < -0.4 is 0 Å². The van der Waals surface area contributed by atoms with Crippen molar-refractivity contribution in [2.24, 2.45) is 5.41 Å². The van der Waals surface area contributed by atoms with Crippen LogP contribution in [0.15, 0.2) is 28.7 Å². The maximum atomic E-state index is 10.6. The van der Waals surface area contributed by atoms with Gasteiger partial charge in [0.1, 0.15) is 17.4 Å². The first kappa shape index (κ1) is 11.8. The molecule has 1 N–H and O–H groups in total. The summed E-state index contributed by atoms with van der Waals surface area (Å²) in [6.07, 6.45) is 4.13. The Morgan fingerprint density at radius 2 is 1.94 bits per heavy atom. The van der Waals surface area contributed by atoms with E-state index >= 15 is 0 Å². The standard InChI is InChI=1S/C16H20O2/c1-11-5-6-13-12(9-11)10-14(18-13)15(17)16(2)7-3-4-8-16/h5-6,9-10,15,17H,3-4,7-8H2,1-2H3. The third-order valence-electron chi connectivity index (χ3n) is 4.37. The topological polar surface area (TPSA) is 33.4 Å². The molecule has 0 radical (unpaired) electrons. The van der Waals surface area contributed by atoms with Gasteiger partial charge in [-0.05, 0) is 38.0 Å². The Hall–Kier alpha value is -1.28. The molecule has 2 heteroatoms. The summed E-state index contributed by atoms with van der Waals surface area (Å²) in [6.45, 7) is 4.24. The highest BCUT2D eigenvalue weighted by molar-refractivity contribution is 5.78. The van der Waals surface area contributed by atoms with Crippen molar-refractivity contribution in [2.75, 3.05) is 0 Å². The van der Waals surface area contributed by atoms with E-state index in [4.69, 9.17) is 4.42 Å². The first-order valence-corrected chi connectivity index (χ1v) is 6.77. The van der Waals surface area contributed by atoms with Gasteiger partial charge < -0.3 is 9.52 Å². The number of benzene rings is 1. The number of hydrogen-bond donors (Lipinski definition) is 1. The van der Waals surface area contributed by atoms with Crippen LogP contribution in [0.1, 0.15) is 50.0 Å². The largest absolute Gasteiger partial charge is 0.458 e. The van der Waals surface area contributed by atoms with Gasteiger partial charge in [-0.2, -0.15) is 0 Å². The summed E-state index contributed by atoms with van der Waals surface area (Å²) in [4.78, 5) is 0. The lowest BCUT2D eigenvalue weighted by Gasteiger charge is -2.28. The van der Waals surface area contributed by atoms with Gasteiger partial charge in [-0.15, -0.1) is 0 Å². The van der Waals surface area contributed by atoms with E-state index in [1.165, 1.54) is 18.4 Å². The van der Waals surface area contributed by atoms with Gasteiger partial charge in [0.15, 0.2) is 0 Å². The van der Waals surface area contributed by atoms with Crippen LogP contribution in [0.25, 0.3) is 11.0 Å². The molecule has 1 aliphatic rings. The molecular formula is C16H20O2. The maximum absolute atomic E-state index is 10.6. The van der Waals surface area contributed by atoms with Gasteiger partial charge in [0, 0.05) is 10.8 Å². The molecule has 2 nitrogen and oxygen atoms in total. The molecule has 1 aromatic heterocycles. The van der Waals surface area contributed by atoms with Gasteiger partial charge in [0.2, 0.25) is 0 Å². The third kappa shape index (κ3) is 1.85. The van der Waals surface area contributed by atoms with Crippen LogP contribution in [0.4, 0.5) is 0 Å². The van der Waals surface area contributed by atoms with E-state index in [9.17, 15) is 5.11 Å². The molecule has 1 aliphatic carbocycles. The van der Waals surface area contributed by atoms with Gasteiger partial charge >= 0.3 is 0 Å². The van der Waals surface area contributed by atoms with Gasteiger partial charge in [0.25, 0.3) is 0 Å². The number of rotatable bonds is 2. The Morgan fingerprint density at radius 3 is 2.67 bits per heavy atom. The summed E-state index contributed by atoms with van der Waals surface area (Å²) in [5, 5.41) is 11.6. The van der Waals surface area contributed by atoms with Crippen LogP contribution in [0.3, 0.4) is 0 Å². The molecule has 0 saturated heterocycles. The van der Waals surface area contributed by atoms with Crippen LogP contribution in [0.2, 0.25) is 0 Å². The van der Waals surface area contributed by atoms with Crippen molar-refractivity contribution in [3.63, 3.8) is 0 Å². The van der Waals surface area contributed by atoms with Gasteiger partial charge in [0.05, 0.1) is 0 Å². The second-order valence-electron chi connectivity index (χ2n) is 5.95. The molecule has 0 amide bonds. The summed E-state index contributed by atoms with van der Waals surface area (Å²) in [6, 6.07) is 8.12. The lowest BCUT2D eigenvalue weighted by molar-refractivity contribution is 0.0246. The highest BCUT2D eigenvalue weighted by atomic mass is 16.4. The second kappa shape index (κ2) is 4.13. The number of aliphatic hydroxyl groups is 1. The average Bonchev–Trinajstić information content (AvgIpc) is 2.94. The minimum atomic E-state index is -0.479. The minimum Gasteiger partial charge on any atom is -0.458 e. The fourth-order valence-electron chi connectivity index (χ4n) is 3.12. The van der Waals surface area contributed by atoms with Crippen LogP contribution >= 0.6 is 0 Å². The predicted molar refractivity (Wildman–Crippen MR) is 72.5 cm³/mol. The molecule has 3 rings (SSSR count). The monoisotopic (exact) mass is 244 g/mol. The van der Waals surface area contributed by atoms with Gasteiger partial charge in [-0.3, -0.25) is 0 Å². The van der Waals surface area contributed by atoms with Crippen molar-refractivity contribution in [2.45, 2.75) is 45.6 Å². The summed E-state index contributed by atoms with van der Waals surface area (Å²) in [7, 11) is 0. The molecule has 96 valence electrons. The second-order valence-corrected chi connectivity index (χ2v) is 5.95. The Bertz CT molecular complexity index is 561. The van der Waals surface area contributed by atoms with Crippen molar-refractivity contribution in [3.05, 3.63) is 35.6 Å². The lowest BCUT2D eigenvalue weighted by atomic mass is 9.81. The van der Waals surface area contributed by atoms with E-state index in [0.717, 1.165) is 29.6 Å². The van der Waals surface area contributed by atoms with E-state index in [1.807, 2.05) is 18.2 Å². The van der Waals surface area contributed by atoms with E-state index < -0.39 is 6.10 Å². The molecule has 0 spiro atoms. The first-order valence-electron chi connectivity index (χ1n) is 6.77. The smallest absolute Gasteiger partial charge is 0.134 e. The number of hydrogen-bond acceptors (Lipinski definition) is 2. The molecule has 1 unspecified atom stereocenters. The lowest BCUT2D eigenvalue weighted by Crippen LogP contribution is -2.21. The van der Waals surface area contributed by atoms with Crippen LogP contribution in [0, 0.1) is 12.3 Å². The molecule has 1 fully saturated rings. The van der Waals surface area contributed by atoms with Crippen molar-refractivity contribution in [1.29, 1.82) is 0 Å². The van der Waals surface area contributed by atoms with Crippen LogP contribution in [-0.2, 0) is 0 Å². The summed E-state index contributed by atoms with van der Waals surface area (Å²) < 4.78 is 5.81. The summed E-state index contributed by atoms with van der Waals surface area (Å²) in [5.74, 6) is 0.722. The maximum Gasteiger partial charge on any atom is 0.134 e. The fourth-order valence-corrected chi connectivity index (χ4v) is 3.12. The zero-order valence-electron chi connectivity index (χ0n) is 11.1. The highest BCUT2D eigenvalue weighted by Crippen LogP contribution is 2.47. The van der Waals surface area contributed by atoms with Crippen molar-refractivity contribution >= 4 is 11.0 Å². The Morgan fingerprint density at radius 1 is 1.22 bits per heavy atom. The highest BCUT2D eigenvalue weighted by Gasteiger charge is 2.38. The Balaban J connectivity index is 1.98. The normalized spacial score (nSPS) is 20.4. The van der Waals surface area contributed by atoms with Crippen LogP contribution in [-0.4, -0.2) is 5.11 Å². The van der Waals surface area contributed by atoms with E-state index in [-0.39, 0.29) is 5.41 Å². The fraction of sp³-hybridized carbons (Fsp3) is 0.500. The van der Waals surface area contributed by atoms with Crippen molar-refractivity contribution in [3.8, 4) is 0 Å². The minimum absolute atomic E-state index is 0.0110. The quantitative estimate of drug-likeness (QED) is 0.851. The van der Waals surface area contributed by atoms with E-state index in [2.05, 4.69) is 19.9 Å². The molecule has 0 aliphatic heterocycles. The molecular weight excluding hydrogens is 224 g/mol. The zero-order chi connectivity index (χ0) is 12.8. The van der Waals surface area contributed by atoms with E-state index in [1.54, 1.807) is 0 Å². The average molecular weight is 244 g/mol. The molecule has 1 aromatic carbocycles. The van der Waals surface area contributed by atoms with Crippen molar-refractivity contribution < 1.29 is 9.52 Å². The summed E-state index contributed by atoms with van der Waals surface area (Å²) >= 11 is 0. The number of aliphatic hydroxyl groups excluding tert-OH is 1. The van der Waals surface area contributed by atoms with Crippen molar-refractivity contribution in [1.82, 2.24) is 0 Å². The number of furan rings is 1. The van der Waals surface area contributed by atoms with Crippen LogP contribution in [0.5, 0.6) is 0 Å².